The molecule has 0 atom stereocenters. The Balaban J connectivity index is 1.36. The number of carbonyl (C=O) groups excluding carboxylic acids is 2. The Morgan fingerprint density at radius 2 is 1.86 bits per heavy atom. The summed E-state index contributed by atoms with van der Waals surface area (Å²) >= 11 is 0. The molecule has 3 aromatic rings. The van der Waals surface area contributed by atoms with Crippen LogP contribution < -0.4 is 5.32 Å². The first kappa shape index (κ1) is 19.1. The molecule has 7 nitrogen and oxygen atoms in total. The van der Waals surface area contributed by atoms with Gasteiger partial charge in [0, 0.05) is 37.8 Å². The molecule has 3 heterocycles. The van der Waals surface area contributed by atoms with Crippen molar-refractivity contribution in [2.24, 2.45) is 5.92 Å². The molecule has 0 unspecified atom stereocenters. The summed E-state index contributed by atoms with van der Waals surface area (Å²) in [5, 5.41) is 7.42. The summed E-state index contributed by atoms with van der Waals surface area (Å²) in [6.45, 7) is 5.46. The molecule has 7 heteroatoms. The van der Waals surface area contributed by atoms with E-state index in [2.05, 4.69) is 15.4 Å². The number of rotatable bonds is 4. The Morgan fingerprint density at radius 1 is 1.14 bits per heavy atom. The molecule has 0 aliphatic carbocycles. The number of amides is 2. The van der Waals surface area contributed by atoms with Crippen molar-refractivity contribution in [3.8, 4) is 0 Å². The minimum absolute atomic E-state index is 0.0480. The number of likely N-dealkylation sites (tertiary alicyclic amines) is 1. The van der Waals surface area contributed by atoms with Crippen LogP contribution in [0.1, 0.15) is 40.2 Å². The van der Waals surface area contributed by atoms with Gasteiger partial charge in [0.2, 0.25) is 5.91 Å². The molecule has 1 fully saturated rings. The van der Waals surface area contributed by atoms with E-state index < -0.39 is 0 Å². The van der Waals surface area contributed by atoms with Gasteiger partial charge in [-0.05, 0) is 32.3 Å². The van der Waals surface area contributed by atoms with E-state index in [1.807, 2.05) is 55.1 Å². The molecule has 29 heavy (non-hydrogen) atoms. The number of nitrogens with one attached hydrogen (secondary N) is 1. The van der Waals surface area contributed by atoms with Gasteiger partial charge in [0.05, 0.1) is 17.0 Å². The van der Waals surface area contributed by atoms with E-state index in [4.69, 9.17) is 0 Å². The molecule has 0 bridgehead atoms. The zero-order chi connectivity index (χ0) is 20.4. The van der Waals surface area contributed by atoms with Gasteiger partial charge in [-0.3, -0.25) is 9.59 Å². The number of fused-ring (bicyclic) bond motifs is 1. The van der Waals surface area contributed by atoms with Crippen molar-refractivity contribution >= 4 is 17.5 Å². The largest absolute Gasteiger partial charge is 0.352 e. The van der Waals surface area contributed by atoms with Crippen LogP contribution in [0.5, 0.6) is 0 Å². The summed E-state index contributed by atoms with van der Waals surface area (Å²) in [4.78, 5) is 31.7. The third-order valence-corrected chi connectivity index (χ3v) is 5.54. The maximum Gasteiger partial charge on any atom is 0.257 e. The molecular formula is C22H25N5O2. The van der Waals surface area contributed by atoms with Gasteiger partial charge in [-0.2, -0.15) is 5.10 Å². The first-order valence-electron chi connectivity index (χ1n) is 9.96. The molecule has 2 aromatic heterocycles. The highest BCUT2D eigenvalue weighted by atomic mass is 16.2. The third kappa shape index (κ3) is 3.99. The van der Waals surface area contributed by atoms with Crippen LogP contribution in [0.25, 0.3) is 5.65 Å². The number of aromatic nitrogens is 3. The Hall–Kier alpha value is -3.22. The van der Waals surface area contributed by atoms with Crippen LogP contribution in [0.2, 0.25) is 0 Å². The summed E-state index contributed by atoms with van der Waals surface area (Å²) < 4.78 is 1.71. The molecule has 4 rings (SSSR count). The highest BCUT2D eigenvalue weighted by molar-refractivity contribution is 5.95. The van der Waals surface area contributed by atoms with Crippen LogP contribution in [0.3, 0.4) is 0 Å². The maximum absolute atomic E-state index is 13.0. The van der Waals surface area contributed by atoms with E-state index in [0.29, 0.717) is 38.0 Å². The molecule has 1 aromatic carbocycles. The van der Waals surface area contributed by atoms with Crippen LogP contribution >= 0.6 is 0 Å². The number of hydrogen-bond acceptors (Lipinski definition) is 4. The fourth-order valence-electron chi connectivity index (χ4n) is 3.82. The molecule has 1 saturated heterocycles. The van der Waals surface area contributed by atoms with Gasteiger partial charge in [-0.25, -0.2) is 9.50 Å². The molecule has 1 aliphatic heterocycles. The zero-order valence-corrected chi connectivity index (χ0v) is 16.8. The van der Waals surface area contributed by atoms with Gasteiger partial charge < -0.3 is 10.2 Å². The van der Waals surface area contributed by atoms with Crippen molar-refractivity contribution in [2.45, 2.75) is 33.2 Å². The Bertz CT molecular complexity index is 1040. The average Bonchev–Trinajstić information content (AvgIpc) is 3.14. The fourth-order valence-corrected chi connectivity index (χ4v) is 3.82. The molecular weight excluding hydrogens is 366 g/mol. The first-order valence-corrected chi connectivity index (χ1v) is 9.96. The highest BCUT2D eigenvalue weighted by Crippen LogP contribution is 2.21. The Labute approximate surface area is 169 Å². The molecule has 2 amide bonds. The fraction of sp³-hybridized carbons (Fsp3) is 0.364. The van der Waals surface area contributed by atoms with E-state index in [1.165, 1.54) is 0 Å². The van der Waals surface area contributed by atoms with E-state index in [1.54, 1.807) is 10.7 Å². The average molecular weight is 391 g/mol. The molecule has 0 radical (unpaired) electrons. The van der Waals surface area contributed by atoms with Crippen LogP contribution in [0, 0.1) is 19.8 Å². The van der Waals surface area contributed by atoms with Crippen molar-refractivity contribution in [1.29, 1.82) is 0 Å². The zero-order valence-electron chi connectivity index (χ0n) is 16.8. The maximum atomic E-state index is 13.0. The number of piperidine rings is 1. The summed E-state index contributed by atoms with van der Waals surface area (Å²) in [5.74, 6) is -0.0429. The second-order valence-corrected chi connectivity index (χ2v) is 7.58. The topological polar surface area (TPSA) is 79.6 Å². The number of nitrogens with zero attached hydrogens (tertiary/aromatic N) is 4. The Kier molecular flexibility index (Phi) is 5.29. The minimum atomic E-state index is -0.0572. The van der Waals surface area contributed by atoms with Gasteiger partial charge in [-0.1, -0.05) is 30.3 Å². The Morgan fingerprint density at radius 3 is 2.59 bits per heavy atom. The lowest BCUT2D eigenvalue weighted by molar-refractivity contribution is -0.126. The molecule has 150 valence electrons. The summed E-state index contributed by atoms with van der Waals surface area (Å²) in [5.41, 5.74) is 4.04. The van der Waals surface area contributed by atoms with E-state index >= 15 is 0 Å². The van der Waals surface area contributed by atoms with Crippen LogP contribution in [-0.2, 0) is 11.3 Å². The lowest BCUT2D eigenvalue weighted by atomic mass is 9.95. The lowest BCUT2D eigenvalue weighted by Crippen LogP contribution is -2.43. The highest BCUT2D eigenvalue weighted by Gasteiger charge is 2.29. The van der Waals surface area contributed by atoms with Gasteiger partial charge in [0.1, 0.15) is 0 Å². The summed E-state index contributed by atoms with van der Waals surface area (Å²) in [7, 11) is 0. The molecule has 0 saturated carbocycles. The monoisotopic (exact) mass is 391 g/mol. The van der Waals surface area contributed by atoms with Gasteiger partial charge in [-0.15, -0.1) is 0 Å². The van der Waals surface area contributed by atoms with E-state index in [0.717, 1.165) is 22.6 Å². The molecule has 0 spiro atoms. The van der Waals surface area contributed by atoms with Crippen molar-refractivity contribution in [3.63, 3.8) is 0 Å². The number of hydrogen-bond donors (Lipinski definition) is 1. The SMILES string of the molecule is Cc1cc2ncc(C(=O)N3CCC(C(=O)NCc4ccccc4)CC3)c(C)n2n1. The molecule has 1 N–H and O–H groups in total. The predicted octanol–water partition coefficient (Wildman–Crippen LogP) is 2.51. The second-order valence-electron chi connectivity index (χ2n) is 7.58. The standard InChI is InChI=1S/C22H25N5O2/c1-15-12-20-23-14-19(16(2)27(20)25-15)22(29)26-10-8-18(9-11-26)21(28)24-13-17-6-4-3-5-7-17/h3-7,12,14,18H,8-11,13H2,1-2H3,(H,24,28). The summed E-state index contributed by atoms with van der Waals surface area (Å²) in [6.07, 6.45) is 2.97. The number of benzene rings is 1. The van der Waals surface area contributed by atoms with Crippen molar-refractivity contribution in [3.05, 3.63) is 65.1 Å². The third-order valence-electron chi connectivity index (χ3n) is 5.54. The lowest BCUT2D eigenvalue weighted by Gasteiger charge is -2.31. The van der Waals surface area contributed by atoms with Gasteiger partial charge >= 0.3 is 0 Å². The smallest absolute Gasteiger partial charge is 0.257 e. The van der Waals surface area contributed by atoms with Crippen molar-refractivity contribution in [2.75, 3.05) is 13.1 Å². The first-order chi connectivity index (χ1) is 14.0. The van der Waals surface area contributed by atoms with Crippen molar-refractivity contribution in [1.82, 2.24) is 24.8 Å². The van der Waals surface area contributed by atoms with E-state index in [-0.39, 0.29) is 17.7 Å². The number of aryl methyl sites for hydroxylation is 2. The van der Waals surface area contributed by atoms with E-state index in [9.17, 15) is 9.59 Å². The second kappa shape index (κ2) is 8.03. The quantitative estimate of drug-likeness (QED) is 0.741. The molecule has 1 aliphatic rings. The van der Waals surface area contributed by atoms with Crippen LogP contribution in [0.15, 0.2) is 42.6 Å². The van der Waals surface area contributed by atoms with Gasteiger partial charge in [0.15, 0.2) is 5.65 Å². The normalized spacial score (nSPS) is 14.9. The predicted molar refractivity (Wildman–Crippen MR) is 109 cm³/mol. The summed E-state index contributed by atoms with van der Waals surface area (Å²) in [6, 6.07) is 11.8. The number of carbonyl (C=O) groups is 2. The van der Waals surface area contributed by atoms with Crippen molar-refractivity contribution < 1.29 is 9.59 Å². The van der Waals surface area contributed by atoms with Crippen LogP contribution in [0.4, 0.5) is 0 Å². The van der Waals surface area contributed by atoms with Crippen LogP contribution in [-0.4, -0.2) is 44.4 Å². The minimum Gasteiger partial charge on any atom is -0.352 e. The van der Waals surface area contributed by atoms with Gasteiger partial charge in [0.25, 0.3) is 5.91 Å².